The lowest BCUT2D eigenvalue weighted by molar-refractivity contribution is 0.105. The molecule has 1 aromatic heterocycles. The van der Waals surface area contributed by atoms with Crippen LogP contribution < -0.4 is 0 Å². The molecule has 1 aromatic carbocycles. The van der Waals surface area contributed by atoms with Crippen molar-refractivity contribution in [3.8, 4) is 0 Å². The predicted octanol–water partition coefficient (Wildman–Crippen LogP) is 3.10. The maximum Gasteiger partial charge on any atom is 0.131 e. The van der Waals surface area contributed by atoms with Crippen molar-refractivity contribution in [2.75, 3.05) is 13.1 Å². The zero-order chi connectivity index (χ0) is 15.8. The van der Waals surface area contributed by atoms with Gasteiger partial charge < -0.3 is 5.11 Å². The number of hydrogen-bond acceptors (Lipinski definition) is 4. The van der Waals surface area contributed by atoms with Crippen LogP contribution in [0.25, 0.3) is 0 Å². The summed E-state index contributed by atoms with van der Waals surface area (Å²) < 4.78 is 0. The summed E-state index contributed by atoms with van der Waals surface area (Å²) in [7, 11) is 0. The van der Waals surface area contributed by atoms with Crippen LogP contribution in [0.2, 0.25) is 5.02 Å². The van der Waals surface area contributed by atoms with Crippen LogP contribution in [-0.2, 0) is 13.0 Å². The zero-order valence-corrected chi connectivity index (χ0v) is 13.7. The number of aromatic nitrogens is 2. The van der Waals surface area contributed by atoms with Crippen LogP contribution >= 0.6 is 11.6 Å². The molecule has 1 aliphatic carbocycles. The topological polar surface area (TPSA) is 49.2 Å². The van der Waals surface area contributed by atoms with E-state index in [9.17, 15) is 5.11 Å². The predicted molar refractivity (Wildman–Crippen MR) is 89.4 cm³/mol. The molecule has 1 unspecified atom stereocenters. The van der Waals surface area contributed by atoms with Gasteiger partial charge in [0, 0.05) is 54.4 Å². The van der Waals surface area contributed by atoms with E-state index in [4.69, 9.17) is 16.6 Å². The molecule has 0 spiro atoms. The Morgan fingerprint density at radius 2 is 2.22 bits per heavy atom. The zero-order valence-electron chi connectivity index (χ0n) is 13.0. The van der Waals surface area contributed by atoms with Gasteiger partial charge in [-0.3, -0.25) is 4.90 Å². The lowest BCUT2D eigenvalue weighted by Crippen LogP contribution is -2.34. The van der Waals surface area contributed by atoms with Crippen molar-refractivity contribution in [1.29, 1.82) is 0 Å². The minimum atomic E-state index is -0.526. The van der Waals surface area contributed by atoms with E-state index in [0.29, 0.717) is 17.5 Å². The number of hydrogen-bond donors (Lipinski definition) is 1. The van der Waals surface area contributed by atoms with Gasteiger partial charge in [0.15, 0.2) is 0 Å². The molecule has 1 saturated carbocycles. The van der Waals surface area contributed by atoms with Crippen LogP contribution in [0.3, 0.4) is 0 Å². The Labute approximate surface area is 141 Å². The summed E-state index contributed by atoms with van der Waals surface area (Å²) in [6.45, 7) is 2.33. The quantitative estimate of drug-likeness (QED) is 0.936. The lowest BCUT2D eigenvalue weighted by Gasteiger charge is -2.29. The molecule has 1 N–H and O–H groups in total. The van der Waals surface area contributed by atoms with Gasteiger partial charge in [-0.1, -0.05) is 23.7 Å². The molecule has 5 heteroatoms. The standard InChI is InChI=1S/C18H20ClN3O/c19-15-3-1-2-13(8-15)17(23)11-22-7-6-16-14(10-22)9-20-18(21-16)12-4-5-12/h1-3,8-9,12,17,23H,4-7,10-11H2. The van der Waals surface area contributed by atoms with Crippen molar-refractivity contribution in [3.05, 3.63) is 58.1 Å². The number of rotatable bonds is 4. The second kappa shape index (κ2) is 6.19. The van der Waals surface area contributed by atoms with E-state index in [0.717, 1.165) is 30.9 Å². The summed E-state index contributed by atoms with van der Waals surface area (Å²) in [6.07, 6.45) is 4.85. The van der Waals surface area contributed by atoms with E-state index in [1.165, 1.54) is 24.1 Å². The first-order valence-electron chi connectivity index (χ1n) is 8.19. The van der Waals surface area contributed by atoms with Crippen molar-refractivity contribution in [1.82, 2.24) is 14.9 Å². The average Bonchev–Trinajstić information content (AvgIpc) is 3.39. The smallest absolute Gasteiger partial charge is 0.131 e. The summed E-state index contributed by atoms with van der Waals surface area (Å²) in [6, 6.07) is 7.44. The molecule has 0 saturated heterocycles. The Bertz CT molecular complexity index is 717. The van der Waals surface area contributed by atoms with E-state index in [2.05, 4.69) is 9.88 Å². The Morgan fingerprint density at radius 1 is 1.35 bits per heavy atom. The second-order valence-electron chi connectivity index (χ2n) is 6.53. The van der Waals surface area contributed by atoms with E-state index >= 15 is 0 Å². The van der Waals surface area contributed by atoms with Crippen LogP contribution in [0.4, 0.5) is 0 Å². The largest absolute Gasteiger partial charge is 0.387 e. The maximum absolute atomic E-state index is 10.4. The normalized spacial score (nSPS) is 19.4. The minimum absolute atomic E-state index is 0.526. The Morgan fingerprint density at radius 3 is 3.00 bits per heavy atom. The van der Waals surface area contributed by atoms with Crippen molar-refractivity contribution in [3.63, 3.8) is 0 Å². The number of aliphatic hydroxyl groups excluding tert-OH is 1. The summed E-state index contributed by atoms with van der Waals surface area (Å²) in [4.78, 5) is 11.5. The molecular formula is C18H20ClN3O. The number of benzene rings is 1. The third-order valence-electron chi connectivity index (χ3n) is 4.64. The molecule has 23 heavy (non-hydrogen) atoms. The highest BCUT2D eigenvalue weighted by Gasteiger charge is 2.28. The van der Waals surface area contributed by atoms with Crippen molar-refractivity contribution < 1.29 is 5.11 Å². The van der Waals surface area contributed by atoms with Gasteiger partial charge in [0.2, 0.25) is 0 Å². The van der Waals surface area contributed by atoms with E-state index < -0.39 is 6.10 Å². The second-order valence-corrected chi connectivity index (χ2v) is 6.97. The van der Waals surface area contributed by atoms with Gasteiger partial charge in [0.1, 0.15) is 5.82 Å². The maximum atomic E-state index is 10.4. The lowest BCUT2D eigenvalue weighted by atomic mass is 10.0. The van der Waals surface area contributed by atoms with Gasteiger partial charge >= 0.3 is 0 Å². The van der Waals surface area contributed by atoms with Crippen LogP contribution in [0.5, 0.6) is 0 Å². The Balaban J connectivity index is 1.43. The van der Waals surface area contributed by atoms with Crippen LogP contribution in [0.15, 0.2) is 30.5 Å². The molecule has 1 fully saturated rings. The van der Waals surface area contributed by atoms with Crippen LogP contribution in [-0.4, -0.2) is 33.1 Å². The molecule has 1 atom stereocenters. The third-order valence-corrected chi connectivity index (χ3v) is 4.87. The Hall–Kier alpha value is -1.49. The van der Waals surface area contributed by atoms with Crippen molar-refractivity contribution >= 4 is 11.6 Å². The first-order chi connectivity index (χ1) is 11.2. The summed E-state index contributed by atoms with van der Waals surface area (Å²) in [5.74, 6) is 1.62. The van der Waals surface area contributed by atoms with Gasteiger partial charge in [-0.15, -0.1) is 0 Å². The van der Waals surface area contributed by atoms with Gasteiger partial charge in [0.25, 0.3) is 0 Å². The molecule has 1 aliphatic heterocycles. The number of aliphatic hydroxyl groups is 1. The number of halogens is 1. The monoisotopic (exact) mass is 329 g/mol. The molecule has 2 heterocycles. The minimum Gasteiger partial charge on any atom is -0.387 e. The number of fused-ring (bicyclic) bond motifs is 1. The van der Waals surface area contributed by atoms with Crippen molar-refractivity contribution in [2.24, 2.45) is 0 Å². The third kappa shape index (κ3) is 3.39. The molecule has 0 radical (unpaired) electrons. The van der Waals surface area contributed by atoms with Gasteiger partial charge in [-0.2, -0.15) is 0 Å². The molecule has 120 valence electrons. The van der Waals surface area contributed by atoms with Crippen LogP contribution in [0, 0.1) is 0 Å². The molecule has 2 aromatic rings. The van der Waals surface area contributed by atoms with E-state index in [1.807, 2.05) is 30.5 Å². The van der Waals surface area contributed by atoms with Crippen LogP contribution in [0.1, 0.15) is 47.5 Å². The molecule has 2 aliphatic rings. The summed E-state index contributed by atoms with van der Waals surface area (Å²) >= 11 is 6.00. The highest BCUT2D eigenvalue weighted by molar-refractivity contribution is 6.30. The highest BCUT2D eigenvalue weighted by Crippen LogP contribution is 2.38. The fourth-order valence-corrected chi connectivity index (χ4v) is 3.35. The summed E-state index contributed by atoms with van der Waals surface area (Å²) in [5, 5.41) is 11.1. The molecule has 0 bridgehead atoms. The van der Waals surface area contributed by atoms with Gasteiger partial charge in [-0.25, -0.2) is 9.97 Å². The Kier molecular flexibility index (Phi) is 4.05. The van der Waals surface area contributed by atoms with E-state index in [1.54, 1.807) is 0 Å². The first kappa shape index (κ1) is 15.1. The first-order valence-corrected chi connectivity index (χ1v) is 8.57. The fraction of sp³-hybridized carbons (Fsp3) is 0.444. The van der Waals surface area contributed by atoms with Gasteiger partial charge in [0.05, 0.1) is 6.10 Å². The SMILES string of the molecule is OC(CN1CCc2nc(C3CC3)ncc2C1)c1cccc(Cl)c1. The van der Waals surface area contributed by atoms with E-state index in [-0.39, 0.29) is 0 Å². The average molecular weight is 330 g/mol. The fourth-order valence-electron chi connectivity index (χ4n) is 3.15. The number of β-amino-alcohol motifs (C(OH)–C–C–N with tert-alkyl or cyclic N) is 1. The molecule has 4 rings (SSSR count). The van der Waals surface area contributed by atoms with Crippen molar-refractivity contribution in [2.45, 2.75) is 37.8 Å². The summed E-state index contributed by atoms with van der Waals surface area (Å²) in [5.41, 5.74) is 3.25. The molecule has 0 amide bonds. The molecule has 4 nitrogen and oxygen atoms in total. The van der Waals surface area contributed by atoms with Gasteiger partial charge in [-0.05, 0) is 30.5 Å². The molecular weight excluding hydrogens is 310 g/mol. The number of nitrogens with zero attached hydrogens (tertiary/aromatic N) is 3. The highest BCUT2D eigenvalue weighted by atomic mass is 35.5.